The number of carbonyl (C=O) groups is 1. The second kappa shape index (κ2) is 11.5. The van der Waals surface area contributed by atoms with Crippen LogP contribution in [0.4, 0.5) is 5.69 Å². The Morgan fingerprint density at radius 2 is 1.69 bits per heavy atom. The molecule has 0 aliphatic rings. The summed E-state index contributed by atoms with van der Waals surface area (Å²) < 4.78 is 6.03. The number of amides is 1. The molecule has 0 bridgehead atoms. The Morgan fingerprint density at radius 1 is 1.03 bits per heavy atom. The lowest BCUT2D eigenvalue weighted by atomic mass is 10.1. The van der Waals surface area contributed by atoms with Crippen molar-refractivity contribution < 1.29 is 9.53 Å². The molecule has 2 aromatic carbocycles. The van der Waals surface area contributed by atoms with E-state index < -0.39 is 6.10 Å². The highest BCUT2D eigenvalue weighted by atomic mass is 32.1. The molecular weight excluding hydrogens is 420 g/mol. The van der Waals surface area contributed by atoms with Gasteiger partial charge in [0, 0.05) is 23.9 Å². The van der Waals surface area contributed by atoms with Gasteiger partial charge in [0.15, 0.2) is 6.10 Å². The Bertz CT molecular complexity index is 1000. The summed E-state index contributed by atoms with van der Waals surface area (Å²) in [4.78, 5) is 17.5. The van der Waals surface area contributed by atoms with E-state index in [0.717, 1.165) is 16.8 Å². The number of benzene rings is 2. The number of rotatable bonds is 10. The second-order valence-electron chi connectivity index (χ2n) is 7.64. The van der Waals surface area contributed by atoms with Crippen LogP contribution in [0.25, 0.3) is 11.3 Å². The molecule has 3 aromatic rings. The largest absolute Gasteiger partial charge is 0.463 e. The van der Waals surface area contributed by atoms with Crippen LogP contribution >= 0.6 is 12.6 Å². The van der Waals surface area contributed by atoms with E-state index in [0.29, 0.717) is 23.9 Å². The summed E-state index contributed by atoms with van der Waals surface area (Å²) in [7, 11) is 0. The number of nitrogens with one attached hydrogen (secondary N) is 2. The smallest absolute Gasteiger partial charge is 0.261 e. The molecule has 3 unspecified atom stereocenters. The highest BCUT2D eigenvalue weighted by Gasteiger charge is 2.20. The molecule has 168 valence electrons. The van der Waals surface area contributed by atoms with Gasteiger partial charge < -0.3 is 21.1 Å². The Labute approximate surface area is 195 Å². The third-order valence-electron chi connectivity index (χ3n) is 5.04. The van der Waals surface area contributed by atoms with Crippen LogP contribution in [0.5, 0.6) is 5.88 Å². The summed E-state index contributed by atoms with van der Waals surface area (Å²) in [5.74, 6) is 0.688. The average Bonchev–Trinajstić information content (AvgIpc) is 2.83. The van der Waals surface area contributed by atoms with Gasteiger partial charge in [-0.2, -0.15) is 12.6 Å². The van der Waals surface area contributed by atoms with Gasteiger partial charge >= 0.3 is 0 Å². The molecular formula is C25H30N4O2S. The van der Waals surface area contributed by atoms with Gasteiger partial charge in [0.25, 0.3) is 5.91 Å². The molecule has 0 saturated heterocycles. The molecule has 0 aliphatic heterocycles. The number of pyridine rings is 1. The molecule has 0 aliphatic carbocycles. The zero-order valence-electron chi connectivity index (χ0n) is 18.4. The molecule has 1 heterocycles. The minimum atomic E-state index is -0.737. The molecule has 0 spiro atoms. The number of hydrogen-bond acceptors (Lipinski definition) is 6. The van der Waals surface area contributed by atoms with Crippen molar-refractivity contribution in [3.63, 3.8) is 0 Å². The summed E-state index contributed by atoms with van der Waals surface area (Å²) in [6.45, 7) is 4.17. The van der Waals surface area contributed by atoms with Crippen LogP contribution < -0.4 is 21.1 Å². The monoisotopic (exact) mass is 450 g/mol. The molecule has 0 radical (unpaired) electrons. The SMILES string of the molecule is CC(Oc1nc(-c2ccccc2)ccc1NCC(N)CS)C(=O)NC(C)c1ccccc1. The summed E-state index contributed by atoms with van der Waals surface area (Å²) in [6.07, 6.45) is -0.737. The number of nitrogens with zero attached hydrogens (tertiary/aromatic N) is 1. The first kappa shape index (κ1) is 23.6. The van der Waals surface area contributed by atoms with E-state index in [4.69, 9.17) is 10.5 Å². The normalized spacial score (nSPS) is 13.6. The number of carbonyl (C=O) groups excluding carboxylic acids is 1. The fourth-order valence-electron chi connectivity index (χ4n) is 3.12. The lowest BCUT2D eigenvalue weighted by molar-refractivity contribution is -0.128. The van der Waals surface area contributed by atoms with Crippen molar-refractivity contribution in [1.82, 2.24) is 10.3 Å². The van der Waals surface area contributed by atoms with Gasteiger partial charge in [0.2, 0.25) is 5.88 Å². The van der Waals surface area contributed by atoms with Crippen LogP contribution in [0.3, 0.4) is 0 Å². The Hall–Kier alpha value is -3.03. The van der Waals surface area contributed by atoms with Gasteiger partial charge in [-0.05, 0) is 31.5 Å². The van der Waals surface area contributed by atoms with Crippen molar-refractivity contribution in [2.24, 2.45) is 5.73 Å². The maximum atomic E-state index is 12.8. The van der Waals surface area contributed by atoms with Crippen LogP contribution in [0.2, 0.25) is 0 Å². The van der Waals surface area contributed by atoms with Crippen molar-refractivity contribution in [2.75, 3.05) is 17.6 Å². The van der Waals surface area contributed by atoms with Crippen LogP contribution in [0.1, 0.15) is 25.5 Å². The molecule has 0 fully saturated rings. The lowest BCUT2D eigenvalue weighted by Crippen LogP contribution is -2.38. The number of thiol groups is 1. The fraction of sp³-hybridized carbons (Fsp3) is 0.280. The lowest BCUT2D eigenvalue weighted by Gasteiger charge is -2.21. The van der Waals surface area contributed by atoms with Crippen LogP contribution in [0, 0.1) is 0 Å². The van der Waals surface area contributed by atoms with Crippen molar-refractivity contribution in [3.05, 3.63) is 78.4 Å². The Balaban J connectivity index is 1.77. The van der Waals surface area contributed by atoms with Crippen molar-refractivity contribution in [1.29, 1.82) is 0 Å². The zero-order valence-corrected chi connectivity index (χ0v) is 19.3. The highest BCUT2D eigenvalue weighted by Crippen LogP contribution is 2.28. The molecule has 7 heteroatoms. The van der Waals surface area contributed by atoms with Gasteiger partial charge in [-0.15, -0.1) is 0 Å². The Kier molecular flexibility index (Phi) is 8.53. The van der Waals surface area contributed by atoms with Crippen molar-refractivity contribution >= 4 is 24.2 Å². The first-order valence-electron chi connectivity index (χ1n) is 10.7. The molecule has 4 N–H and O–H groups in total. The van der Waals surface area contributed by atoms with Crippen LogP contribution in [-0.2, 0) is 4.79 Å². The number of ether oxygens (including phenoxy) is 1. The van der Waals surface area contributed by atoms with E-state index in [-0.39, 0.29) is 18.0 Å². The third-order valence-corrected chi connectivity index (χ3v) is 5.50. The molecule has 3 rings (SSSR count). The van der Waals surface area contributed by atoms with Crippen molar-refractivity contribution in [3.8, 4) is 17.1 Å². The van der Waals surface area contributed by atoms with E-state index in [1.54, 1.807) is 6.92 Å². The quantitative estimate of drug-likeness (QED) is 0.350. The second-order valence-corrected chi connectivity index (χ2v) is 8.00. The minimum Gasteiger partial charge on any atom is -0.463 e. The van der Waals surface area contributed by atoms with Gasteiger partial charge in [-0.3, -0.25) is 4.79 Å². The third kappa shape index (κ3) is 6.48. The fourth-order valence-corrected chi connectivity index (χ4v) is 3.25. The predicted octanol–water partition coefficient (Wildman–Crippen LogP) is 4.06. The Morgan fingerprint density at radius 3 is 2.34 bits per heavy atom. The first-order valence-corrected chi connectivity index (χ1v) is 11.3. The summed E-state index contributed by atoms with van der Waals surface area (Å²) >= 11 is 4.23. The summed E-state index contributed by atoms with van der Waals surface area (Å²) in [6, 6.07) is 23.2. The van der Waals surface area contributed by atoms with Gasteiger partial charge in [-0.1, -0.05) is 60.7 Å². The van der Waals surface area contributed by atoms with E-state index in [1.165, 1.54) is 0 Å². The molecule has 32 heavy (non-hydrogen) atoms. The minimum absolute atomic E-state index is 0.118. The molecule has 1 aromatic heterocycles. The van der Waals surface area contributed by atoms with Crippen LogP contribution in [-0.4, -0.2) is 35.3 Å². The van der Waals surface area contributed by atoms with E-state index in [1.807, 2.05) is 79.7 Å². The topological polar surface area (TPSA) is 89.3 Å². The first-order chi connectivity index (χ1) is 15.5. The van der Waals surface area contributed by atoms with E-state index in [2.05, 4.69) is 28.2 Å². The summed E-state index contributed by atoms with van der Waals surface area (Å²) in [5, 5.41) is 6.26. The predicted molar refractivity (Wildman–Crippen MR) is 133 cm³/mol. The molecule has 6 nitrogen and oxygen atoms in total. The van der Waals surface area contributed by atoms with Crippen molar-refractivity contribution in [2.45, 2.75) is 32.0 Å². The molecule has 3 atom stereocenters. The number of nitrogens with two attached hydrogens (primary N) is 1. The number of aromatic nitrogens is 1. The highest BCUT2D eigenvalue weighted by molar-refractivity contribution is 7.80. The average molecular weight is 451 g/mol. The number of hydrogen-bond donors (Lipinski definition) is 4. The molecule has 1 amide bonds. The molecule has 0 saturated carbocycles. The van der Waals surface area contributed by atoms with E-state index in [9.17, 15) is 4.79 Å². The summed E-state index contributed by atoms with van der Waals surface area (Å²) in [5.41, 5.74) is 9.42. The number of anilines is 1. The van der Waals surface area contributed by atoms with Crippen LogP contribution in [0.15, 0.2) is 72.8 Å². The van der Waals surface area contributed by atoms with Gasteiger partial charge in [0.05, 0.1) is 17.4 Å². The van der Waals surface area contributed by atoms with Gasteiger partial charge in [0.1, 0.15) is 0 Å². The standard InChI is InChI=1S/C25H30N4O2S/c1-17(19-9-5-3-6-10-19)28-24(30)18(2)31-25-23(27-15-21(26)16-32)14-13-22(29-25)20-11-7-4-8-12-20/h3-14,17-18,21,27,32H,15-16,26H2,1-2H3,(H,28,30). The maximum Gasteiger partial charge on any atom is 0.261 e. The van der Waals surface area contributed by atoms with E-state index >= 15 is 0 Å². The zero-order chi connectivity index (χ0) is 22.9. The maximum absolute atomic E-state index is 12.8. The van der Waals surface area contributed by atoms with Gasteiger partial charge in [-0.25, -0.2) is 4.98 Å².